The van der Waals surface area contributed by atoms with E-state index >= 15 is 0 Å². The first-order chi connectivity index (χ1) is 9.85. The van der Waals surface area contributed by atoms with Crippen LogP contribution in [0, 0.1) is 5.41 Å². The van der Waals surface area contributed by atoms with Crippen LogP contribution >= 0.6 is 0 Å². The van der Waals surface area contributed by atoms with Crippen molar-refractivity contribution in [1.29, 1.82) is 0 Å². The van der Waals surface area contributed by atoms with E-state index in [1.165, 1.54) is 71.0 Å². The molecule has 1 spiro atoms. The molecule has 0 amide bonds. The van der Waals surface area contributed by atoms with Crippen LogP contribution in [-0.2, 0) is 0 Å². The van der Waals surface area contributed by atoms with E-state index in [-0.39, 0.29) is 0 Å². The molecule has 0 radical (unpaired) electrons. The van der Waals surface area contributed by atoms with Crippen LogP contribution in [0.1, 0.15) is 86.0 Å². The summed E-state index contributed by atoms with van der Waals surface area (Å²) in [4.78, 5) is 2.90. The van der Waals surface area contributed by atoms with Gasteiger partial charge in [-0.3, -0.25) is 4.90 Å². The maximum absolute atomic E-state index is 3.98. The molecule has 2 nitrogen and oxygen atoms in total. The quantitative estimate of drug-likeness (QED) is 0.816. The number of hydrogen-bond donors (Lipinski definition) is 1. The van der Waals surface area contributed by atoms with Gasteiger partial charge in [0.1, 0.15) is 0 Å². The second-order valence-corrected chi connectivity index (χ2v) is 8.86. The minimum absolute atomic E-state index is 0.362. The summed E-state index contributed by atoms with van der Waals surface area (Å²) in [6.07, 6.45) is 11.0. The smallest absolute Gasteiger partial charge is 0.0334 e. The Labute approximate surface area is 133 Å². The molecule has 124 valence electrons. The predicted molar refractivity (Wildman–Crippen MR) is 92.8 cm³/mol. The summed E-state index contributed by atoms with van der Waals surface area (Å²) < 4.78 is 0. The fourth-order valence-electron chi connectivity index (χ4n) is 4.27. The van der Waals surface area contributed by atoms with Crippen LogP contribution in [0.3, 0.4) is 0 Å². The van der Waals surface area contributed by atoms with Crippen LogP contribution in [0.4, 0.5) is 0 Å². The normalized spacial score (nSPS) is 26.1. The maximum Gasteiger partial charge on any atom is 0.0334 e. The molecule has 0 atom stereocenters. The van der Waals surface area contributed by atoms with Gasteiger partial charge in [-0.15, -0.1) is 0 Å². The molecule has 21 heavy (non-hydrogen) atoms. The van der Waals surface area contributed by atoms with Gasteiger partial charge in [-0.25, -0.2) is 0 Å². The first-order valence-corrected chi connectivity index (χ1v) is 9.35. The molecular weight excluding hydrogens is 256 g/mol. The van der Waals surface area contributed by atoms with Crippen LogP contribution in [0.5, 0.6) is 0 Å². The molecule has 2 heteroatoms. The number of nitrogens with zero attached hydrogens (tertiary/aromatic N) is 1. The first-order valence-electron chi connectivity index (χ1n) is 9.35. The largest absolute Gasteiger partial charge is 0.308 e. The van der Waals surface area contributed by atoms with Gasteiger partial charge in [0.05, 0.1) is 0 Å². The average molecular weight is 295 g/mol. The SMILES string of the molecule is CCC1(CC)CN(CCC(C)(C)C)C2(CCCCC2)CN1. The van der Waals surface area contributed by atoms with Gasteiger partial charge in [-0.05, 0) is 44.1 Å². The second-order valence-electron chi connectivity index (χ2n) is 8.86. The van der Waals surface area contributed by atoms with Crippen molar-refractivity contribution in [3.05, 3.63) is 0 Å². The van der Waals surface area contributed by atoms with Crippen LogP contribution < -0.4 is 5.32 Å². The number of nitrogens with one attached hydrogen (secondary N) is 1. The second kappa shape index (κ2) is 6.58. The van der Waals surface area contributed by atoms with Crippen LogP contribution in [0.25, 0.3) is 0 Å². The molecule has 0 unspecified atom stereocenters. The van der Waals surface area contributed by atoms with Crippen molar-refractivity contribution in [2.24, 2.45) is 5.41 Å². The standard InChI is InChI=1S/C19H38N2/c1-6-18(7-2)16-21(14-13-17(3,4)5)19(15-20-18)11-9-8-10-12-19/h20H,6-16H2,1-5H3. The molecule has 1 saturated carbocycles. The zero-order chi connectivity index (χ0) is 15.6. The molecule has 2 aliphatic rings. The molecule has 0 aromatic heterocycles. The van der Waals surface area contributed by atoms with E-state index < -0.39 is 0 Å². The lowest BCUT2D eigenvalue weighted by atomic mass is 9.75. The Kier molecular flexibility index (Phi) is 5.41. The Morgan fingerprint density at radius 3 is 2.14 bits per heavy atom. The molecule has 0 aromatic carbocycles. The zero-order valence-corrected chi connectivity index (χ0v) is 15.2. The van der Waals surface area contributed by atoms with Gasteiger partial charge in [0.2, 0.25) is 0 Å². The molecule has 2 fully saturated rings. The highest BCUT2D eigenvalue weighted by atomic mass is 15.3. The van der Waals surface area contributed by atoms with Gasteiger partial charge < -0.3 is 5.32 Å². The van der Waals surface area contributed by atoms with Crippen LogP contribution in [0.2, 0.25) is 0 Å². The molecule has 1 aliphatic heterocycles. The van der Waals surface area contributed by atoms with Gasteiger partial charge >= 0.3 is 0 Å². The maximum atomic E-state index is 3.98. The van der Waals surface area contributed by atoms with Crippen molar-refractivity contribution < 1.29 is 0 Å². The van der Waals surface area contributed by atoms with E-state index in [0.29, 0.717) is 16.5 Å². The fourth-order valence-corrected chi connectivity index (χ4v) is 4.27. The minimum Gasteiger partial charge on any atom is -0.308 e. The van der Waals surface area contributed by atoms with Crippen molar-refractivity contribution in [3.8, 4) is 0 Å². The molecule has 1 aliphatic carbocycles. The summed E-state index contributed by atoms with van der Waals surface area (Å²) in [6.45, 7) is 15.6. The van der Waals surface area contributed by atoms with Crippen molar-refractivity contribution in [1.82, 2.24) is 10.2 Å². The molecule has 1 N–H and O–H groups in total. The van der Waals surface area contributed by atoms with Gasteiger partial charge in [-0.1, -0.05) is 53.9 Å². The minimum atomic E-state index is 0.362. The third-order valence-electron chi connectivity index (χ3n) is 6.23. The number of hydrogen-bond acceptors (Lipinski definition) is 2. The molecular formula is C19H38N2. The topological polar surface area (TPSA) is 15.3 Å². The van der Waals surface area contributed by atoms with Gasteiger partial charge in [0, 0.05) is 24.2 Å². The summed E-state index contributed by atoms with van der Waals surface area (Å²) in [5.41, 5.74) is 1.28. The predicted octanol–water partition coefficient (Wildman–Crippen LogP) is 4.59. The Morgan fingerprint density at radius 1 is 1.00 bits per heavy atom. The van der Waals surface area contributed by atoms with E-state index in [1.54, 1.807) is 0 Å². The van der Waals surface area contributed by atoms with Crippen molar-refractivity contribution in [2.75, 3.05) is 19.6 Å². The van der Waals surface area contributed by atoms with Crippen LogP contribution in [-0.4, -0.2) is 35.6 Å². The van der Waals surface area contributed by atoms with Crippen LogP contribution in [0.15, 0.2) is 0 Å². The number of rotatable bonds is 4. The lowest BCUT2D eigenvalue weighted by Gasteiger charge is -2.56. The Bertz CT molecular complexity index is 319. The summed E-state index contributed by atoms with van der Waals surface area (Å²) in [6, 6.07) is 0. The lowest BCUT2D eigenvalue weighted by molar-refractivity contribution is -0.0269. The molecule has 0 bridgehead atoms. The molecule has 0 aromatic rings. The highest BCUT2D eigenvalue weighted by molar-refractivity contribution is 5.05. The van der Waals surface area contributed by atoms with E-state index in [0.717, 1.165) is 0 Å². The summed E-state index contributed by atoms with van der Waals surface area (Å²) in [5.74, 6) is 0. The monoisotopic (exact) mass is 294 g/mol. The van der Waals surface area contributed by atoms with Gasteiger partial charge in [0.25, 0.3) is 0 Å². The van der Waals surface area contributed by atoms with E-state index in [2.05, 4.69) is 44.8 Å². The van der Waals surface area contributed by atoms with E-state index in [4.69, 9.17) is 0 Å². The van der Waals surface area contributed by atoms with E-state index in [1.807, 2.05) is 0 Å². The Morgan fingerprint density at radius 2 is 1.62 bits per heavy atom. The van der Waals surface area contributed by atoms with E-state index in [9.17, 15) is 0 Å². The summed E-state index contributed by atoms with van der Waals surface area (Å²) in [5, 5.41) is 3.98. The Balaban J connectivity index is 2.13. The summed E-state index contributed by atoms with van der Waals surface area (Å²) in [7, 11) is 0. The molecule has 2 rings (SSSR count). The molecule has 1 heterocycles. The average Bonchev–Trinajstić information content (AvgIpc) is 2.47. The van der Waals surface area contributed by atoms with Crippen molar-refractivity contribution in [3.63, 3.8) is 0 Å². The third-order valence-corrected chi connectivity index (χ3v) is 6.23. The highest BCUT2D eigenvalue weighted by Crippen LogP contribution is 2.39. The molecule has 1 saturated heterocycles. The van der Waals surface area contributed by atoms with Crippen molar-refractivity contribution in [2.45, 2.75) is 97.1 Å². The third kappa shape index (κ3) is 4.01. The van der Waals surface area contributed by atoms with Gasteiger partial charge in [0.15, 0.2) is 0 Å². The van der Waals surface area contributed by atoms with Gasteiger partial charge in [-0.2, -0.15) is 0 Å². The Hall–Kier alpha value is -0.0800. The first kappa shape index (κ1) is 17.3. The summed E-state index contributed by atoms with van der Waals surface area (Å²) >= 11 is 0. The lowest BCUT2D eigenvalue weighted by Crippen LogP contribution is -2.70. The fraction of sp³-hybridized carbons (Fsp3) is 1.00. The van der Waals surface area contributed by atoms with Crippen molar-refractivity contribution >= 4 is 0 Å². The zero-order valence-electron chi connectivity index (χ0n) is 15.2. The number of piperazine rings is 1. The highest BCUT2D eigenvalue weighted by Gasteiger charge is 2.46.